The number of carbonyl (C=O) groups excluding carboxylic acids is 1. The van der Waals surface area contributed by atoms with Gasteiger partial charge in [-0.05, 0) is 83.5 Å². The van der Waals surface area contributed by atoms with E-state index in [1.54, 1.807) is 0 Å². The van der Waals surface area contributed by atoms with Crippen molar-refractivity contribution in [2.45, 2.75) is 269 Å². The molecule has 1 aliphatic rings. The SMILES string of the molecule is CC/C=C\C/C=C\C/C=C\C/C=C\CCCCCCCCCCCCCCC(=O)OC(COCCCCCCCCCCCC/C=C\C/C=C\CCCCC)COC1OC(CO)C(O)C(O)C1O. The molecule has 6 atom stereocenters. The Balaban J connectivity index is 2.17. The third-order valence-corrected chi connectivity index (χ3v) is 12.6. The maximum absolute atomic E-state index is 12.9. The van der Waals surface area contributed by atoms with E-state index >= 15 is 0 Å². The summed E-state index contributed by atoms with van der Waals surface area (Å²) in [6.07, 6.45) is 59.4. The molecule has 0 aromatic rings. The van der Waals surface area contributed by atoms with Gasteiger partial charge in [0.2, 0.25) is 0 Å². The van der Waals surface area contributed by atoms with Gasteiger partial charge in [-0.1, -0.05) is 215 Å². The van der Waals surface area contributed by atoms with Crippen molar-refractivity contribution in [2.75, 3.05) is 26.4 Å². The first-order chi connectivity index (χ1) is 33.4. The molecule has 0 saturated carbocycles. The summed E-state index contributed by atoms with van der Waals surface area (Å²) >= 11 is 0. The summed E-state index contributed by atoms with van der Waals surface area (Å²) in [6.45, 7) is 4.43. The number of unbranched alkanes of at least 4 members (excludes halogenated alkanes) is 25. The summed E-state index contributed by atoms with van der Waals surface area (Å²) in [5.41, 5.74) is 0. The van der Waals surface area contributed by atoms with Crippen LogP contribution >= 0.6 is 0 Å². The topological polar surface area (TPSA) is 135 Å². The lowest BCUT2D eigenvalue weighted by atomic mass is 9.99. The zero-order valence-corrected chi connectivity index (χ0v) is 43.6. The predicted molar refractivity (Wildman–Crippen MR) is 284 cm³/mol. The highest BCUT2D eigenvalue weighted by Gasteiger charge is 2.44. The maximum Gasteiger partial charge on any atom is 0.306 e. The Labute approximate surface area is 417 Å². The van der Waals surface area contributed by atoms with Gasteiger partial charge in [-0.2, -0.15) is 0 Å². The molecule has 0 amide bonds. The summed E-state index contributed by atoms with van der Waals surface area (Å²) in [5.74, 6) is -0.317. The Morgan fingerprint density at radius 3 is 1.35 bits per heavy atom. The first-order valence-electron chi connectivity index (χ1n) is 28.0. The van der Waals surface area contributed by atoms with E-state index in [1.807, 2.05) is 0 Å². The lowest BCUT2D eigenvalue weighted by Gasteiger charge is -2.39. The molecule has 1 aliphatic heterocycles. The van der Waals surface area contributed by atoms with Gasteiger partial charge in [-0.3, -0.25) is 4.79 Å². The molecule has 0 bridgehead atoms. The Hall–Kier alpha value is -2.37. The molecule has 4 N–H and O–H groups in total. The summed E-state index contributed by atoms with van der Waals surface area (Å²) < 4.78 is 23.0. The molecular formula is C59H104O9. The van der Waals surface area contributed by atoms with E-state index in [-0.39, 0.29) is 19.2 Å². The number of aliphatic hydroxyl groups excluding tert-OH is 4. The second-order valence-electron chi connectivity index (χ2n) is 19.0. The van der Waals surface area contributed by atoms with Crippen LogP contribution in [0.4, 0.5) is 0 Å². The van der Waals surface area contributed by atoms with E-state index in [0.717, 1.165) is 64.2 Å². The normalized spacial score (nSPS) is 19.6. The molecule has 1 heterocycles. The van der Waals surface area contributed by atoms with E-state index in [4.69, 9.17) is 18.9 Å². The molecule has 1 fully saturated rings. The minimum atomic E-state index is -1.54. The van der Waals surface area contributed by atoms with Crippen LogP contribution in [-0.4, -0.2) is 89.6 Å². The van der Waals surface area contributed by atoms with Crippen molar-refractivity contribution in [1.29, 1.82) is 0 Å². The van der Waals surface area contributed by atoms with Crippen LogP contribution in [0.1, 0.15) is 232 Å². The Bertz CT molecular complexity index is 1270. The molecule has 68 heavy (non-hydrogen) atoms. The van der Waals surface area contributed by atoms with Gasteiger partial charge in [0.15, 0.2) is 6.29 Å². The van der Waals surface area contributed by atoms with Crippen LogP contribution in [-0.2, 0) is 23.7 Å². The summed E-state index contributed by atoms with van der Waals surface area (Å²) in [6, 6.07) is 0. The first-order valence-corrected chi connectivity index (χ1v) is 28.0. The highest BCUT2D eigenvalue weighted by Crippen LogP contribution is 2.23. The zero-order valence-electron chi connectivity index (χ0n) is 43.6. The Morgan fingerprint density at radius 1 is 0.485 bits per heavy atom. The van der Waals surface area contributed by atoms with Crippen LogP contribution in [0.5, 0.6) is 0 Å². The van der Waals surface area contributed by atoms with Crippen LogP contribution in [0.2, 0.25) is 0 Å². The van der Waals surface area contributed by atoms with Crippen LogP contribution in [0.3, 0.4) is 0 Å². The van der Waals surface area contributed by atoms with Gasteiger partial charge in [0.1, 0.15) is 30.5 Å². The second-order valence-corrected chi connectivity index (χ2v) is 19.0. The quantitative estimate of drug-likeness (QED) is 0.0267. The molecule has 0 aromatic heterocycles. The molecule has 0 aliphatic carbocycles. The molecule has 9 heteroatoms. The lowest BCUT2D eigenvalue weighted by Crippen LogP contribution is -2.59. The third kappa shape index (κ3) is 39.4. The van der Waals surface area contributed by atoms with Crippen LogP contribution in [0.25, 0.3) is 0 Å². The lowest BCUT2D eigenvalue weighted by molar-refractivity contribution is -0.305. The second kappa shape index (κ2) is 49.6. The molecule has 1 saturated heterocycles. The minimum Gasteiger partial charge on any atom is -0.457 e. The number of hydrogen-bond acceptors (Lipinski definition) is 9. The number of ether oxygens (including phenoxy) is 4. The molecule has 394 valence electrons. The number of carbonyl (C=O) groups is 1. The summed E-state index contributed by atoms with van der Waals surface area (Å²) in [7, 11) is 0. The van der Waals surface area contributed by atoms with Crippen LogP contribution in [0, 0.1) is 0 Å². The molecule has 0 aromatic carbocycles. The number of aliphatic hydroxyl groups is 4. The monoisotopic (exact) mass is 957 g/mol. The maximum atomic E-state index is 12.9. The number of esters is 1. The van der Waals surface area contributed by atoms with Crippen LogP contribution < -0.4 is 0 Å². The van der Waals surface area contributed by atoms with Crippen molar-refractivity contribution in [1.82, 2.24) is 0 Å². The summed E-state index contributed by atoms with van der Waals surface area (Å²) in [5, 5.41) is 40.3. The fourth-order valence-electron chi connectivity index (χ4n) is 8.28. The molecule has 9 nitrogen and oxygen atoms in total. The Kier molecular flexibility index (Phi) is 46.4. The molecule has 0 radical (unpaired) electrons. The van der Waals surface area contributed by atoms with Crippen molar-refractivity contribution in [3.63, 3.8) is 0 Å². The molecule has 1 rings (SSSR count). The van der Waals surface area contributed by atoms with Crippen molar-refractivity contribution < 1.29 is 44.2 Å². The van der Waals surface area contributed by atoms with Crippen molar-refractivity contribution in [2.24, 2.45) is 0 Å². The van der Waals surface area contributed by atoms with Gasteiger partial charge in [0.05, 0.1) is 19.8 Å². The average molecular weight is 957 g/mol. The molecular weight excluding hydrogens is 853 g/mol. The van der Waals surface area contributed by atoms with Gasteiger partial charge in [0, 0.05) is 13.0 Å². The molecule has 6 unspecified atom stereocenters. The fraction of sp³-hybridized carbons (Fsp3) is 0.780. The van der Waals surface area contributed by atoms with E-state index in [9.17, 15) is 25.2 Å². The highest BCUT2D eigenvalue weighted by atomic mass is 16.7. The highest BCUT2D eigenvalue weighted by molar-refractivity contribution is 5.69. The molecule has 0 spiro atoms. The van der Waals surface area contributed by atoms with E-state index in [0.29, 0.717) is 13.0 Å². The van der Waals surface area contributed by atoms with Gasteiger partial charge in [-0.15, -0.1) is 0 Å². The van der Waals surface area contributed by atoms with E-state index in [1.165, 1.54) is 148 Å². The minimum absolute atomic E-state index is 0.117. The van der Waals surface area contributed by atoms with Gasteiger partial charge in [-0.25, -0.2) is 0 Å². The fourth-order valence-corrected chi connectivity index (χ4v) is 8.28. The van der Waals surface area contributed by atoms with Crippen molar-refractivity contribution in [3.05, 3.63) is 72.9 Å². The van der Waals surface area contributed by atoms with Gasteiger partial charge in [0.25, 0.3) is 0 Å². The average Bonchev–Trinajstić information content (AvgIpc) is 3.34. The van der Waals surface area contributed by atoms with E-state index in [2.05, 4.69) is 86.8 Å². The van der Waals surface area contributed by atoms with Crippen molar-refractivity contribution in [3.8, 4) is 0 Å². The predicted octanol–water partition coefficient (Wildman–Crippen LogP) is 14.4. The third-order valence-electron chi connectivity index (χ3n) is 12.6. The summed E-state index contributed by atoms with van der Waals surface area (Å²) in [4.78, 5) is 12.9. The Morgan fingerprint density at radius 2 is 0.897 bits per heavy atom. The first kappa shape index (κ1) is 63.6. The number of hydrogen-bond donors (Lipinski definition) is 4. The van der Waals surface area contributed by atoms with Crippen molar-refractivity contribution >= 4 is 5.97 Å². The smallest absolute Gasteiger partial charge is 0.306 e. The van der Waals surface area contributed by atoms with Crippen LogP contribution in [0.15, 0.2) is 72.9 Å². The zero-order chi connectivity index (χ0) is 49.2. The number of allylic oxidation sites excluding steroid dienone is 12. The number of rotatable bonds is 48. The van der Waals surface area contributed by atoms with Gasteiger partial charge < -0.3 is 39.4 Å². The van der Waals surface area contributed by atoms with Gasteiger partial charge >= 0.3 is 5.97 Å². The largest absolute Gasteiger partial charge is 0.457 e. The standard InChI is InChI=1S/C59H104O9/c1-3-5-7-9-11-13-15-17-19-21-23-25-26-27-28-29-30-32-34-36-38-40-42-44-46-48-55(61)67-53(52-66-59-58(64)57(63)56(62)54(50-60)68-59)51-65-49-47-45-43-41-39-37-35-33-31-24-22-20-18-16-14-12-10-8-6-4-2/h5,7,11-14,17-20,23,25,53-54,56-60,62-64H,3-4,6,8-10,15-16,21-22,24,26-52H2,1-2H3/b7-5-,13-11-,14-12-,19-17-,20-18-,25-23-. The van der Waals surface area contributed by atoms with E-state index < -0.39 is 43.4 Å².